The zero-order valence-corrected chi connectivity index (χ0v) is 20.3. The van der Waals surface area contributed by atoms with Crippen LogP contribution in [0.2, 0.25) is 5.28 Å². The second-order valence-corrected chi connectivity index (χ2v) is 10.2. The van der Waals surface area contributed by atoms with Gasteiger partial charge in [0.15, 0.2) is 17.0 Å². The van der Waals surface area contributed by atoms with E-state index in [-0.39, 0.29) is 17.1 Å². The molecule has 11 heteroatoms. The van der Waals surface area contributed by atoms with Crippen LogP contribution in [0.15, 0.2) is 30.6 Å². The predicted octanol–water partition coefficient (Wildman–Crippen LogP) is 2.07. The van der Waals surface area contributed by atoms with Gasteiger partial charge in [0.25, 0.3) is 0 Å². The van der Waals surface area contributed by atoms with Crippen molar-refractivity contribution in [1.29, 1.82) is 0 Å². The number of hydrogen-bond donors (Lipinski definition) is 3. The van der Waals surface area contributed by atoms with Crippen LogP contribution in [0.25, 0.3) is 11.2 Å². The molecule has 5 rings (SSSR count). The van der Waals surface area contributed by atoms with Gasteiger partial charge in [-0.05, 0) is 58.3 Å². The quantitative estimate of drug-likeness (QED) is 0.319. The maximum absolute atomic E-state index is 12.8. The number of anilines is 1. The van der Waals surface area contributed by atoms with Crippen molar-refractivity contribution in [2.24, 2.45) is 11.3 Å². The van der Waals surface area contributed by atoms with E-state index in [0.29, 0.717) is 29.9 Å². The lowest BCUT2D eigenvalue weighted by molar-refractivity contribution is -0.140. The molecule has 9 nitrogen and oxygen atoms in total. The summed E-state index contributed by atoms with van der Waals surface area (Å²) in [4.78, 5) is 27.4. The van der Waals surface area contributed by atoms with E-state index >= 15 is 0 Å². The lowest BCUT2D eigenvalue weighted by Gasteiger charge is -2.25. The fourth-order valence-electron chi connectivity index (χ4n) is 5.01. The van der Waals surface area contributed by atoms with Gasteiger partial charge in [0.2, 0.25) is 11.2 Å². The van der Waals surface area contributed by atoms with Gasteiger partial charge < -0.3 is 25.0 Å². The number of rotatable bonds is 5. The lowest BCUT2D eigenvalue weighted by Crippen LogP contribution is -2.42. The molecular formula is C21H22ClIN6O3. The Kier molecular flexibility index (Phi) is 5.31. The molecule has 2 aromatic heterocycles. The number of fused-ring (bicyclic) bond motifs is 2. The van der Waals surface area contributed by atoms with Gasteiger partial charge in [-0.25, -0.2) is 4.98 Å². The van der Waals surface area contributed by atoms with Crippen LogP contribution >= 0.6 is 34.2 Å². The average molecular weight is 569 g/mol. The monoisotopic (exact) mass is 568 g/mol. The maximum atomic E-state index is 12.8. The van der Waals surface area contributed by atoms with Crippen molar-refractivity contribution in [2.75, 3.05) is 19.4 Å². The first-order chi connectivity index (χ1) is 15.2. The number of aliphatic hydroxyl groups excluding tert-OH is 2. The number of imidazole rings is 1. The summed E-state index contributed by atoms with van der Waals surface area (Å²) >= 11 is 8.48. The molecule has 2 fully saturated rings. The maximum Gasteiger partial charge on any atom is 0.231 e. The molecule has 5 unspecified atom stereocenters. The molecule has 3 N–H and O–H groups in total. The summed E-state index contributed by atoms with van der Waals surface area (Å²) in [5.74, 6) is 0.0990. The Balaban J connectivity index is 1.48. The van der Waals surface area contributed by atoms with Crippen LogP contribution in [0.4, 0.5) is 5.82 Å². The number of benzene rings is 1. The molecule has 2 heterocycles. The molecule has 0 spiro atoms. The number of carbonyl (C=O) groups is 1. The Morgan fingerprint density at radius 2 is 2.16 bits per heavy atom. The molecule has 3 aromatic rings. The Morgan fingerprint density at radius 1 is 1.38 bits per heavy atom. The van der Waals surface area contributed by atoms with Gasteiger partial charge in [0.05, 0.1) is 23.9 Å². The molecule has 0 radical (unpaired) electrons. The Bertz CT molecular complexity index is 1220. The molecule has 0 saturated heterocycles. The Hall–Kier alpha value is -2.02. The molecule has 0 aliphatic heterocycles. The zero-order chi connectivity index (χ0) is 22.8. The molecular weight excluding hydrogens is 547 g/mol. The number of hydrogen-bond acceptors (Lipinski definition) is 7. The second kappa shape index (κ2) is 7.79. The van der Waals surface area contributed by atoms with E-state index in [2.05, 4.69) is 48.9 Å². The summed E-state index contributed by atoms with van der Waals surface area (Å²) in [6.07, 6.45) is -0.197. The number of halogens is 2. The van der Waals surface area contributed by atoms with Gasteiger partial charge in [-0.2, -0.15) is 9.97 Å². The van der Waals surface area contributed by atoms with E-state index in [4.69, 9.17) is 11.6 Å². The third-order valence-electron chi connectivity index (χ3n) is 6.54. The molecule has 2 aliphatic carbocycles. The lowest BCUT2D eigenvalue weighted by atomic mass is 9.98. The highest BCUT2D eigenvalue weighted by Crippen LogP contribution is 2.68. The van der Waals surface area contributed by atoms with Crippen LogP contribution in [-0.2, 0) is 11.3 Å². The molecule has 168 valence electrons. The van der Waals surface area contributed by atoms with Crippen LogP contribution in [0.3, 0.4) is 0 Å². The van der Waals surface area contributed by atoms with Crippen molar-refractivity contribution >= 4 is 57.1 Å². The standard InChI is InChI=1S/C21H22ClIN6O3/c1-28(2)19(32)21-7-12(21)14(15(30)16(21)31)29-9-25-13-17(26-20(22)27-18(13)29)24-8-10-4-3-5-11(23)6-10/h3-6,9,12,14-16,30-31H,7-8H2,1-2H3,(H,24,26,27). The van der Waals surface area contributed by atoms with Crippen molar-refractivity contribution < 1.29 is 15.0 Å². The van der Waals surface area contributed by atoms with Crippen LogP contribution in [0, 0.1) is 14.9 Å². The van der Waals surface area contributed by atoms with E-state index in [9.17, 15) is 15.0 Å². The summed E-state index contributed by atoms with van der Waals surface area (Å²) in [6.45, 7) is 0.528. The number of aliphatic hydroxyl groups is 2. The molecule has 1 amide bonds. The summed E-state index contributed by atoms with van der Waals surface area (Å²) in [7, 11) is 3.31. The van der Waals surface area contributed by atoms with Gasteiger partial charge >= 0.3 is 0 Å². The number of nitrogens with zero attached hydrogens (tertiary/aromatic N) is 5. The third kappa shape index (κ3) is 3.27. The van der Waals surface area contributed by atoms with Crippen LogP contribution in [0.1, 0.15) is 18.0 Å². The first-order valence-electron chi connectivity index (χ1n) is 10.2. The highest BCUT2D eigenvalue weighted by Gasteiger charge is 2.75. The zero-order valence-electron chi connectivity index (χ0n) is 17.4. The third-order valence-corrected chi connectivity index (χ3v) is 7.38. The van der Waals surface area contributed by atoms with E-state index in [0.717, 1.165) is 9.13 Å². The summed E-state index contributed by atoms with van der Waals surface area (Å²) < 4.78 is 2.85. The molecule has 1 aromatic carbocycles. The summed E-state index contributed by atoms with van der Waals surface area (Å²) in [6, 6.07) is 7.55. The fourth-order valence-corrected chi connectivity index (χ4v) is 5.78. The van der Waals surface area contributed by atoms with E-state index < -0.39 is 23.7 Å². The molecule has 32 heavy (non-hydrogen) atoms. The SMILES string of the molecule is CN(C)C(=O)C12CC1C(n1cnc3c(NCc4cccc(I)c4)nc(Cl)nc31)C(O)C2O. The van der Waals surface area contributed by atoms with Crippen molar-refractivity contribution in [3.63, 3.8) is 0 Å². The fraction of sp³-hybridized carbons (Fsp3) is 0.429. The summed E-state index contributed by atoms with van der Waals surface area (Å²) in [5.41, 5.74) is 1.08. The number of nitrogens with one attached hydrogen (secondary N) is 1. The number of aromatic nitrogens is 4. The molecule has 2 saturated carbocycles. The molecule has 5 atom stereocenters. The normalized spacial score (nSPS) is 28.6. The predicted molar refractivity (Wildman–Crippen MR) is 127 cm³/mol. The first-order valence-corrected chi connectivity index (χ1v) is 11.7. The van der Waals surface area contributed by atoms with Gasteiger partial charge in [0.1, 0.15) is 6.10 Å². The second-order valence-electron chi connectivity index (χ2n) is 8.63. The van der Waals surface area contributed by atoms with Crippen LogP contribution in [0.5, 0.6) is 0 Å². The van der Waals surface area contributed by atoms with Gasteiger partial charge in [-0.1, -0.05) is 12.1 Å². The largest absolute Gasteiger partial charge is 0.389 e. The van der Waals surface area contributed by atoms with Crippen LogP contribution in [-0.4, -0.2) is 66.8 Å². The van der Waals surface area contributed by atoms with Crippen molar-refractivity contribution in [1.82, 2.24) is 24.4 Å². The smallest absolute Gasteiger partial charge is 0.231 e. The average Bonchev–Trinajstić information content (AvgIpc) is 3.29. The minimum Gasteiger partial charge on any atom is -0.389 e. The Morgan fingerprint density at radius 3 is 2.88 bits per heavy atom. The van der Waals surface area contributed by atoms with E-state index in [1.54, 1.807) is 25.0 Å². The molecule has 0 bridgehead atoms. The molecule has 2 aliphatic rings. The van der Waals surface area contributed by atoms with E-state index in [1.807, 2.05) is 18.2 Å². The number of carbonyl (C=O) groups excluding carboxylic acids is 1. The van der Waals surface area contributed by atoms with Crippen LogP contribution < -0.4 is 5.32 Å². The van der Waals surface area contributed by atoms with Crippen molar-refractivity contribution in [3.05, 3.63) is 45.0 Å². The van der Waals surface area contributed by atoms with Gasteiger partial charge in [-0.3, -0.25) is 4.79 Å². The van der Waals surface area contributed by atoms with E-state index in [1.165, 1.54) is 4.90 Å². The van der Waals surface area contributed by atoms with Crippen molar-refractivity contribution in [2.45, 2.75) is 31.2 Å². The van der Waals surface area contributed by atoms with Gasteiger partial charge in [-0.15, -0.1) is 0 Å². The minimum absolute atomic E-state index is 0.0452. The Labute approximate surface area is 203 Å². The minimum atomic E-state index is -1.15. The van der Waals surface area contributed by atoms with Gasteiger partial charge in [0, 0.05) is 30.1 Å². The first kappa shape index (κ1) is 21.8. The number of amides is 1. The highest BCUT2D eigenvalue weighted by molar-refractivity contribution is 14.1. The summed E-state index contributed by atoms with van der Waals surface area (Å²) in [5, 5.41) is 24.9. The topological polar surface area (TPSA) is 116 Å². The van der Waals surface area contributed by atoms with Crippen molar-refractivity contribution in [3.8, 4) is 0 Å². The highest BCUT2D eigenvalue weighted by atomic mass is 127.